The Morgan fingerprint density at radius 1 is 0.875 bits per heavy atom. The lowest BCUT2D eigenvalue weighted by molar-refractivity contribution is 0.0528. The van der Waals surface area contributed by atoms with Gasteiger partial charge in [0.2, 0.25) is 5.78 Å². The molecule has 4 aromatic rings. The monoisotopic (exact) mass is 422 g/mol. The second-order valence-electron chi connectivity index (χ2n) is 7.05. The van der Waals surface area contributed by atoms with Gasteiger partial charge in [0.15, 0.2) is 5.78 Å². The molecule has 156 valence electrons. The number of carbonyl (C=O) groups is 3. The highest BCUT2D eigenvalue weighted by atomic mass is 16.5. The van der Waals surface area contributed by atoms with Gasteiger partial charge in [0.05, 0.1) is 35.0 Å². The molecular formula is C26H18N2O4. The van der Waals surface area contributed by atoms with Crippen molar-refractivity contribution in [2.75, 3.05) is 6.61 Å². The van der Waals surface area contributed by atoms with Crippen LogP contribution in [0.4, 0.5) is 0 Å². The fourth-order valence-corrected chi connectivity index (χ4v) is 3.49. The van der Waals surface area contributed by atoms with Crippen LogP contribution in [0.5, 0.6) is 0 Å². The Hall–Kier alpha value is -4.50. The van der Waals surface area contributed by atoms with Crippen molar-refractivity contribution in [3.63, 3.8) is 0 Å². The Balaban J connectivity index is 1.83. The number of ketones is 2. The largest absolute Gasteiger partial charge is 0.462 e. The molecule has 0 atom stereocenters. The van der Waals surface area contributed by atoms with E-state index in [-0.39, 0.29) is 29.4 Å². The van der Waals surface area contributed by atoms with Crippen LogP contribution in [0, 0.1) is 11.3 Å². The molecule has 0 spiro atoms. The fraction of sp³-hybridized carbons (Fsp3) is 0.0769. The second kappa shape index (κ2) is 8.70. The van der Waals surface area contributed by atoms with E-state index < -0.39 is 5.97 Å². The Bertz CT molecular complexity index is 1380. The molecule has 0 aliphatic rings. The molecule has 2 aromatic carbocycles. The number of ether oxygens (including phenoxy) is 1. The van der Waals surface area contributed by atoms with Gasteiger partial charge in [0.1, 0.15) is 0 Å². The van der Waals surface area contributed by atoms with Crippen molar-refractivity contribution in [1.82, 2.24) is 4.40 Å². The van der Waals surface area contributed by atoms with Crippen molar-refractivity contribution in [2.24, 2.45) is 0 Å². The maximum Gasteiger partial charge on any atom is 0.340 e. The predicted octanol–water partition coefficient (Wildman–Crippen LogP) is 4.45. The summed E-state index contributed by atoms with van der Waals surface area (Å²) < 4.78 is 6.74. The third-order valence-electron chi connectivity index (χ3n) is 5.07. The standard InChI is InChI=1S/C26H18N2O4/c1-2-32-26(31)21-15-23(25(30)19-10-8-17(16-27)9-11-19)28-13-12-20(14-22(21)28)24(29)18-6-4-3-5-7-18/h3-15H,2H2,1H3. The van der Waals surface area contributed by atoms with Gasteiger partial charge in [0.25, 0.3) is 0 Å². The molecule has 0 fully saturated rings. The van der Waals surface area contributed by atoms with Crippen LogP contribution in [0.15, 0.2) is 79.0 Å². The van der Waals surface area contributed by atoms with E-state index in [1.807, 2.05) is 12.1 Å². The minimum absolute atomic E-state index is 0.178. The number of hydrogen-bond acceptors (Lipinski definition) is 5. The molecule has 0 aliphatic carbocycles. The van der Waals surface area contributed by atoms with Gasteiger partial charge in [-0.25, -0.2) is 4.79 Å². The molecular weight excluding hydrogens is 404 g/mol. The Kier molecular flexibility index (Phi) is 5.65. The number of pyridine rings is 1. The van der Waals surface area contributed by atoms with Crippen LogP contribution < -0.4 is 0 Å². The van der Waals surface area contributed by atoms with Crippen LogP contribution in [0.3, 0.4) is 0 Å². The van der Waals surface area contributed by atoms with Crippen molar-refractivity contribution in [3.05, 3.63) is 113 Å². The summed E-state index contributed by atoms with van der Waals surface area (Å²) in [5.74, 6) is -1.08. The topological polar surface area (TPSA) is 88.6 Å². The predicted molar refractivity (Wildman–Crippen MR) is 118 cm³/mol. The van der Waals surface area contributed by atoms with Crippen molar-refractivity contribution in [2.45, 2.75) is 6.92 Å². The number of carbonyl (C=O) groups excluding carboxylic acids is 3. The smallest absolute Gasteiger partial charge is 0.340 e. The molecule has 0 radical (unpaired) electrons. The van der Waals surface area contributed by atoms with Gasteiger partial charge in [-0.05, 0) is 49.4 Å². The average Bonchev–Trinajstić information content (AvgIpc) is 3.23. The third-order valence-corrected chi connectivity index (χ3v) is 5.07. The maximum atomic E-state index is 13.2. The molecule has 0 aliphatic heterocycles. The normalized spacial score (nSPS) is 10.5. The molecule has 6 nitrogen and oxygen atoms in total. The van der Waals surface area contributed by atoms with Gasteiger partial charge in [-0.1, -0.05) is 30.3 Å². The molecule has 0 bridgehead atoms. The van der Waals surface area contributed by atoms with Crippen molar-refractivity contribution in [3.8, 4) is 6.07 Å². The summed E-state index contributed by atoms with van der Waals surface area (Å²) in [5, 5.41) is 8.98. The fourth-order valence-electron chi connectivity index (χ4n) is 3.49. The van der Waals surface area contributed by atoms with Crippen LogP contribution in [0.2, 0.25) is 0 Å². The molecule has 0 unspecified atom stereocenters. The quantitative estimate of drug-likeness (QED) is 0.338. The SMILES string of the molecule is CCOC(=O)c1cc(C(=O)c2ccc(C#N)cc2)n2ccc(C(=O)c3ccccc3)cc12. The molecule has 0 amide bonds. The second-order valence-corrected chi connectivity index (χ2v) is 7.05. The molecule has 4 rings (SSSR count). The molecule has 0 saturated carbocycles. The number of fused-ring (bicyclic) bond motifs is 1. The van der Waals surface area contributed by atoms with Crippen molar-refractivity contribution < 1.29 is 19.1 Å². The summed E-state index contributed by atoms with van der Waals surface area (Å²) in [4.78, 5) is 38.7. The summed E-state index contributed by atoms with van der Waals surface area (Å²) in [5.41, 5.74) is 2.60. The van der Waals surface area contributed by atoms with Crippen molar-refractivity contribution in [1.29, 1.82) is 5.26 Å². The minimum atomic E-state index is -0.576. The molecule has 32 heavy (non-hydrogen) atoms. The molecule has 0 N–H and O–H groups in total. The van der Waals surface area contributed by atoms with Crippen LogP contribution >= 0.6 is 0 Å². The average molecular weight is 422 g/mol. The number of nitriles is 1. The lowest BCUT2D eigenvalue weighted by atomic mass is 10.0. The summed E-state index contributed by atoms with van der Waals surface area (Å²) in [6.07, 6.45) is 1.60. The Labute approximate surface area is 184 Å². The number of benzene rings is 2. The third kappa shape index (κ3) is 3.80. The zero-order valence-corrected chi connectivity index (χ0v) is 17.2. The number of rotatable bonds is 6. The highest BCUT2D eigenvalue weighted by molar-refractivity contribution is 6.13. The first-order valence-corrected chi connectivity index (χ1v) is 10.0. The molecule has 2 aromatic heterocycles. The minimum Gasteiger partial charge on any atom is -0.462 e. The van der Waals surface area contributed by atoms with Gasteiger partial charge < -0.3 is 9.14 Å². The summed E-state index contributed by atoms with van der Waals surface area (Å²) >= 11 is 0. The van der Waals surface area contributed by atoms with Crippen LogP contribution in [0.1, 0.15) is 54.8 Å². The van der Waals surface area contributed by atoms with Crippen LogP contribution in [0.25, 0.3) is 5.52 Å². The highest BCUT2D eigenvalue weighted by Gasteiger charge is 2.22. The Morgan fingerprint density at radius 3 is 2.22 bits per heavy atom. The Morgan fingerprint density at radius 2 is 1.56 bits per heavy atom. The first kappa shape index (κ1) is 20.8. The summed E-state index contributed by atoms with van der Waals surface area (Å²) in [6.45, 7) is 1.88. The number of esters is 1. The highest BCUT2D eigenvalue weighted by Crippen LogP contribution is 2.23. The zero-order chi connectivity index (χ0) is 22.7. The molecule has 6 heteroatoms. The van der Waals surface area contributed by atoms with E-state index in [9.17, 15) is 14.4 Å². The van der Waals surface area contributed by atoms with E-state index in [1.54, 1.807) is 78.2 Å². The van der Waals surface area contributed by atoms with Crippen LogP contribution in [-0.2, 0) is 4.74 Å². The van der Waals surface area contributed by atoms with Gasteiger partial charge >= 0.3 is 5.97 Å². The summed E-state index contributed by atoms with van der Waals surface area (Å²) in [7, 11) is 0. The first-order valence-electron chi connectivity index (χ1n) is 10.0. The molecule has 0 saturated heterocycles. The zero-order valence-electron chi connectivity index (χ0n) is 17.2. The van der Waals surface area contributed by atoms with E-state index in [0.717, 1.165) is 0 Å². The van der Waals surface area contributed by atoms with E-state index in [4.69, 9.17) is 10.00 Å². The lowest BCUT2D eigenvalue weighted by Gasteiger charge is -2.06. The van der Waals surface area contributed by atoms with E-state index in [0.29, 0.717) is 27.8 Å². The van der Waals surface area contributed by atoms with Crippen molar-refractivity contribution >= 4 is 23.1 Å². The number of hydrogen-bond donors (Lipinski definition) is 0. The first-order chi connectivity index (χ1) is 15.5. The van der Waals surface area contributed by atoms with Gasteiger partial charge in [-0.3, -0.25) is 9.59 Å². The van der Waals surface area contributed by atoms with E-state index >= 15 is 0 Å². The maximum absolute atomic E-state index is 13.2. The van der Waals surface area contributed by atoms with Crippen LogP contribution in [-0.4, -0.2) is 28.5 Å². The lowest BCUT2D eigenvalue weighted by Crippen LogP contribution is -2.07. The number of aromatic nitrogens is 1. The molecule has 2 heterocycles. The van der Waals surface area contributed by atoms with Gasteiger partial charge in [-0.15, -0.1) is 0 Å². The van der Waals surface area contributed by atoms with Gasteiger partial charge in [0, 0.05) is 22.9 Å². The number of nitrogens with zero attached hydrogens (tertiary/aromatic N) is 2. The summed E-state index contributed by atoms with van der Waals surface area (Å²) in [6, 6.07) is 21.8. The van der Waals surface area contributed by atoms with Gasteiger partial charge in [-0.2, -0.15) is 5.26 Å². The van der Waals surface area contributed by atoms with E-state index in [2.05, 4.69) is 0 Å². The van der Waals surface area contributed by atoms with E-state index in [1.165, 1.54) is 6.07 Å².